The van der Waals surface area contributed by atoms with Crippen LogP contribution in [0.1, 0.15) is 19.7 Å². The molecule has 1 rings (SSSR count). The van der Waals surface area contributed by atoms with Crippen LogP contribution in [0.15, 0.2) is 6.33 Å². The van der Waals surface area contributed by atoms with Gasteiger partial charge in [0.2, 0.25) is 0 Å². The number of hydrogen-bond donors (Lipinski definition) is 0. The van der Waals surface area contributed by atoms with E-state index in [0.717, 1.165) is 5.82 Å². The van der Waals surface area contributed by atoms with Crippen LogP contribution in [0, 0.1) is 5.92 Å². The Morgan fingerprint density at radius 3 is 2.44 bits per heavy atom. The molecule has 0 amide bonds. The first kappa shape index (κ1) is 6.26. The second-order valence-corrected chi connectivity index (χ2v) is 2.27. The van der Waals surface area contributed by atoms with Crippen LogP contribution in [-0.4, -0.2) is 14.8 Å². The summed E-state index contributed by atoms with van der Waals surface area (Å²) in [5, 5.41) is 7.63. The SMILES string of the molecule is C[C](C)c1nncn1C. The van der Waals surface area contributed by atoms with Crippen molar-refractivity contribution in [2.45, 2.75) is 13.8 Å². The summed E-state index contributed by atoms with van der Waals surface area (Å²) >= 11 is 0. The second kappa shape index (κ2) is 2.17. The minimum atomic E-state index is 0.954. The quantitative estimate of drug-likeness (QED) is 0.553. The van der Waals surface area contributed by atoms with Gasteiger partial charge in [-0.25, -0.2) is 0 Å². The van der Waals surface area contributed by atoms with E-state index in [1.54, 1.807) is 6.33 Å². The third-order valence-electron chi connectivity index (χ3n) is 1.16. The molecule has 0 saturated heterocycles. The van der Waals surface area contributed by atoms with Crippen molar-refractivity contribution >= 4 is 0 Å². The van der Waals surface area contributed by atoms with Gasteiger partial charge >= 0.3 is 0 Å². The van der Waals surface area contributed by atoms with E-state index >= 15 is 0 Å². The number of aryl methyl sites for hydroxylation is 1. The molecule has 49 valence electrons. The van der Waals surface area contributed by atoms with Crippen LogP contribution in [-0.2, 0) is 7.05 Å². The van der Waals surface area contributed by atoms with Gasteiger partial charge in [0.15, 0.2) is 0 Å². The van der Waals surface area contributed by atoms with Crippen LogP contribution in [0.5, 0.6) is 0 Å². The van der Waals surface area contributed by atoms with E-state index in [0.29, 0.717) is 0 Å². The molecule has 0 atom stereocenters. The molecule has 9 heavy (non-hydrogen) atoms. The lowest BCUT2D eigenvalue weighted by Crippen LogP contribution is -1.98. The number of nitrogens with zero attached hydrogens (tertiary/aromatic N) is 3. The minimum Gasteiger partial charge on any atom is -0.320 e. The first-order valence-corrected chi connectivity index (χ1v) is 2.86. The summed E-state index contributed by atoms with van der Waals surface area (Å²) in [4.78, 5) is 0. The van der Waals surface area contributed by atoms with Crippen molar-refractivity contribution in [1.82, 2.24) is 14.8 Å². The third kappa shape index (κ3) is 1.09. The summed E-state index contributed by atoms with van der Waals surface area (Å²) in [6.07, 6.45) is 1.70. The molecule has 0 aliphatic carbocycles. The fraction of sp³-hybridized carbons (Fsp3) is 0.500. The Kier molecular flexibility index (Phi) is 1.51. The molecule has 1 heterocycles. The van der Waals surface area contributed by atoms with Crippen molar-refractivity contribution in [1.29, 1.82) is 0 Å². The highest BCUT2D eigenvalue weighted by molar-refractivity contribution is 5.08. The lowest BCUT2D eigenvalue weighted by Gasteiger charge is -1.99. The molecule has 0 spiro atoms. The Balaban J connectivity index is 2.94. The molecule has 1 radical (unpaired) electrons. The van der Waals surface area contributed by atoms with Crippen LogP contribution in [0.2, 0.25) is 0 Å². The lowest BCUT2D eigenvalue weighted by atomic mass is 10.2. The normalized spacial score (nSPS) is 10.7. The lowest BCUT2D eigenvalue weighted by molar-refractivity contribution is 0.826. The number of aromatic nitrogens is 3. The van der Waals surface area contributed by atoms with Gasteiger partial charge in [0.1, 0.15) is 12.2 Å². The second-order valence-electron chi connectivity index (χ2n) is 2.27. The van der Waals surface area contributed by atoms with Crippen molar-refractivity contribution in [3.8, 4) is 0 Å². The van der Waals surface area contributed by atoms with E-state index in [4.69, 9.17) is 0 Å². The van der Waals surface area contributed by atoms with Crippen LogP contribution in [0.25, 0.3) is 0 Å². The van der Waals surface area contributed by atoms with Crippen molar-refractivity contribution in [2.24, 2.45) is 7.05 Å². The fourth-order valence-electron chi connectivity index (χ4n) is 0.736. The predicted octanol–water partition coefficient (Wildman–Crippen LogP) is 0.777. The molecular weight excluding hydrogens is 114 g/mol. The van der Waals surface area contributed by atoms with Crippen molar-refractivity contribution < 1.29 is 0 Å². The monoisotopic (exact) mass is 124 g/mol. The molecule has 0 bridgehead atoms. The smallest absolute Gasteiger partial charge is 0.139 e. The molecule has 1 aromatic heterocycles. The molecule has 3 nitrogen and oxygen atoms in total. The summed E-state index contributed by atoms with van der Waals surface area (Å²) in [6, 6.07) is 0. The molecular formula is C6H10N3. The van der Waals surface area contributed by atoms with Gasteiger partial charge in [-0.3, -0.25) is 0 Å². The van der Waals surface area contributed by atoms with Crippen LogP contribution in [0.3, 0.4) is 0 Å². The summed E-state index contributed by atoms with van der Waals surface area (Å²) in [7, 11) is 1.93. The van der Waals surface area contributed by atoms with E-state index in [-0.39, 0.29) is 0 Å². The standard InChI is InChI=1S/C6H10N3/c1-5(2)6-8-7-4-9(6)3/h4H,1-3H3. The van der Waals surface area contributed by atoms with E-state index in [1.165, 1.54) is 5.92 Å². The summed E-state index contributed by atoms with van der Waals surface area (Å²) in [5.74, 6) is 2.14. The summed E-state index contributed by atoms with van der Waals surface area (Å²) < 4.78 is 1.90. The van der Waals surface area contributed by atoms with Crippen LogP contribution in [0.4, 0.5) is 0 Å². The van der Waals surface area contributed by atoms with E-state index in [2.05, 4.69) is 10.2 Å². The van der Waals surface area contributed by atoms with Crippen molar-refractivity contribution in [3.05, 3.63) is 18.1 Å². The minimum absolute atomic E-state index is 0.954. The Bertz CT molecular complexity index is 190. The maximum atomic E-state index is 3.89. The van der Waals surface area contributed by atoms with Gasteiger partial charge in [-0.2, -0.15) is 0 Å². The van der Waals surface area contributed by atoms with Gasteiger partial charge < -0.3 is 4.57 Å². The van der Waals surface area contributed by atoms with Gasteiger partial charge in [0, 0.05) is 13.0 Å². The molecule has 0 aromatic carbocycles. The molecule has 0 fully saturated rings. The Hall–Kier alpha value is -0.860. The molecule has 1 aromatic rings. The van der Waals surface area contributed by atoms with E-state index in [9.17, 15) is 0 Å². The highest BCUT2D eigenvalue weighted by atomic mass is 15.2. The highest BCUT2D eigenvalue weighted by Gasteiger charge is 2.03. The van der Waals surface area contributed by atoms with Gasteiger partial charge in [-0.15, -0.1) is 10.2 Å². The molecule has 0 N–H and O–H groups in total. The molecule has 0 saturated carbocycles. The zero-order valence-electron chi connectivity index (χ0n) is 5.92. The highest BCUT2D eigenvalue weighted by Crippen LogP contribution is 2.06. The van der Waals surface area contributed by atoms with Crippen LogP contribution < -0.4 is 0 Å². The zero-order valence-corrected chi connectivity index (χ0v) is 5.92. The maximum absolute atomic E-state index is 3.89. The topological polar surface area (TPSA) is 30.7 Å². The molecule has 0 aliphatic rings. The van der Waals surface area contributed by atoms with Gasteiger partial charge in [-0.1, -0.05) is 13.8 Å². The van der Waals surface area contributed by atoms with E-state index in [1.807, 2.05) is 25.5 Å². The average Bonchev–Trinajstić information content (AvgIpc) is 2.13. The predicted molar refractivity (Wildman–Crippen MR) is 34.7 cm³/mol. The van der Waals surface area contributed by atoms with Gasteiger partial charge in [0.05, 0.1) is 0 Å². The van der Waals surface area contributed by atoms with E-state index < -0.39 is 0 Å². The fourth-order valence-corrected chi connectivity index (χ4v) is 0.736. The summed E-state index contributed by atoms with van der Waals surface area (Å²) in [6.45, 7) is 4.04. The number of hydrogen-bond acceptors (Lipinski definition) is 2. The Labute approximate surface area is 54.7 Å². The maximum Gasteiger partial charge on any atom is 0.139 e. The Morgan fingerprint density at radius 2 is 2.22 bits per heavy atom. The molecule has 0 unspecified atom stereocenters. The largest absolute Gasteiger partial charge is 0.320 e. The zero-order chi connectivity index (χ0) is 6.85. The van der Waals surface area contributed by atoms with Crippen molar-refractivity contribution in [3.63, 3.8) is 0 Å². The first-order chi connectivity index (χ1) is 4.22. The number of rotatable bonds is 1. The average molecular weight is 124 g/mol. The van der Waals surface area contributed by atoms with Crippen molar-refractivity contribution in [2.75, 3.05) is 0 Å². The molecule has 0 aliphatic heterocycles. The Morgan fingerprint density at radius 1 is 1.56 bits per heavy atom. The molecule has 3 heteroatoms. The van der Waals surface area contributed by atoms with Gasteiger partial charge in [0.25, 0.3) is 0 Å². The van der Waals surface area contributed by atoms with Crippen LogP contribution >= 0.6 is 0 Å². The third-order valence-corrected chi connectivity index (χ3v) is 1.16. The summed E-state index contributed by atoms with van der Waals surface area (Å²) in [5.41, 5.74) is 0. The first-order valence-electron chi connectivity index (χ1n) is 2.86. The van der Waals surface area contributed by atoms with Gasteiger partial charge in [-0.05, 0) is 0 Å².